The highest BCUT2D eigenvalue weighted by Gasteiger charge is 1.98. The molecule has 1 heterocycles. The topological polar surface area (TPSA) is 59.0 Å². The van der Waals surface area contributed by atoms with Gasteiger partial charge in [-0.05, 0) is 28.8 Å². The smallest absolute Gasteiger partial charge is 0.314 e. The fourth-order valence-electron chi connectivity index (χ4n) is 1.34. The molecule has 0 aliphatic heterocycles. The first kappa shape index (κ1) is 14.0. The van der Waals surface area contributed by atoms with E-state index in [4.69, 9.17) is 0 Å². The molecule has 1 aromatic heterocycles. The third-order valence-corrected chi connectivity index (χ3v) is 2.68. The van der Waals surface area contributed by atoms with E-state index in [1.165, 1.54) is 0 Å². The Morgan fingerprint density at radius 2 is 2.12 bits per heavy atom. The van der Waals surface area contributed by atoms with Gasteiger partial charge in [0.25, 0.3) is 0 Å². The number of rotatable bonds is 7. The summed E-state index contributed by atoms with van der Waals surface area (Å²) in [7, 11) is 0. The van der Waals surface area contributed by atoms with Crippen LogP contribution in [0, 0.1) is 0 Å². The summed E-state index contributed by atoms with van der Waals surface area (Å²) in [5.74, 6) is 0. The van der Waals surface area contributed by atoms with Gasteiger partial charge < -0.3 is 10.6 Å². The van der Waals surface area contributed by atoms with Gasteiger partial charge in [-0.25, -0.2) is 4.79 Å². The number of nitrogens with one attached hydrogen (secondary N) is 2. The summed E-state index contributed by atoms with van der Waals surface area (Å²) in [6.45, 7) is 4.31. The van der Waals surface area contributed by atoms with E-state index in [0.717, 1.165) is 36.8 Å². The third-order valence-electron chi connectivity index (χ3n) is 2.27. The minimum atomic E-state index is -0.0832. The van der Waals surface area contributed by atoms with Gasteiger partial charge in [0, 0.05) is 25.8 Å². The van der Waals surface area contributed by atoms with Gasteiger partial charge in [0.15, 0.2) is 0 Å². The summed E-state index contributed by atoms with van der Waals surface area (Å²) < 4.78 is 2.82. The molecule has 0 spiro atoms. The molecule has 0 aromatic carbocycles. The van der Waals surface area contributed by atoms with Gasteiger partial charge in [-0.2, -0.15) is 5.10 Å². The van der Waals surface area contributed by atoms with Crippen LogP contribution in [0.15, 0.2) is 16.9 Å². The van der Waals surface area contributed by atoms with Crippen molar-refractivity contribution in [1.82, 2.24) is 20.4 Å². The quantitative estimate of drug-likeness (QED) is 0.758. The lowest BCUT2D eigenvalue weighted by Crippen LogP contribution is -2.36. The van der Waals surface area contributed by atoms with Gasteiger partial charge in [-0.3, -0.25) is 4.68 Å². The van der Waals surface area contributed by atoms with Crippen molar-refractivity contribution < 1.29 is 4.79 Å². The average molecular weight is 303 g/mol. The molecule has 0 aliphatic carbocycles. The highest BCUT2D eigenvalue weighted by atomic mass is 79.9. The summed E-state index contributed by atoms with van der Waals surface area (Å²) in [5, 5.41) is 9.76. The number of urea groups is 1. The molecule has 5 nitrogen and oxygen atoms in total. The molecule has 2 N–H and O–H groups in total. The fourth-order valence-corrected chi connectivity index (χ4v) is 1.67. The Balaban J connectivity index is 2.02. The monoisotopic (exact) mass is 302 g/mol. The lowest BCUT2D eigenvalue weighted by Gasteiger charge is -2.06. The van der Waals surface area contributed by atoms with Gasteiger partial charge in [-0.15, -0.1) is 0 Å². The molecule has 96 valence electrons. The standard InChI is InChI=1S/C11H19BrN4O/c1-2-3-5-13-11(17)14-6-4-7-16-9-10(12)8-15-16/h8-9H,2-7H2,1H3,(H2,13,14,17). The van der Waals surface area contributed by atoms with Gasteiger partial charge in [0.1, 0.15) is 0 Å². The van der Waals surface area contributed by atoms with Crippen LogP contribution < -0.4 is 10.6 Å². The van der Waals surface area contributed by atoms with E-state index in [0.29, 0.717) is 6.54 Å². The number of unbranched alkanes of at least 4 members (excludes halogenated alkanes) is 1. The van der Waals surface area contributed by atoms with Crippen LogP contribution in [0.5, 0.6) is 0 Å². The summed E-state index contributed by atoms with van der Waals surface area (Å²) in [6.07, 6.45) is 6.66. The highest BCUT2D eigenvalue weighted by Crippen LogP contribution is 2.06. The van der Waals surface area contributed by atoms with Crippen LogP contribution in [0.1, 0.15) is 26.2 Å². The molecule has 0 radical (unpaired) electrons. The molecule has 0 atom stereocenters. The minimum absolute atomic E-state index is 0.0832. The number of hydrogen-bond acceptors (Lipinski definition) is 2. The number of amides is 2. The largest absolute Gasteiger partial charge is 0.338 e. The maximum absolute atomic E-state index is 11.3. The molecule has 17 heavy (non-hydrogen) atoms. The van der Waals surface area contributed by atoms with Crippen molar-refractivity contribution in [2.24, 2.45) is 0 Å². The Kier molecular flexibility index (Phi) is 6.69. The number of carbonyl (C=O) groups excluding carboxylic acids is 1. The molecule has 6 heteroatoms. The maximum atomic E-state index is 11.3. The molecule has 1 aromatic rings. The zero-order valence-electron chi connectivity index (χ0n) is 10.1. The SMILES string of the molecule is CCCCNC(=O)NCCCn1cc(Br)cn1. The van der Waals surface area contributed by atoms with Crippen LogP contribution in [0.3, 0.4) is 0 Å². The molecular weight excluding hydrogens is 284 g/mol. The molecule has 2 amide bonds. The van der Waals surface area contributed by atoms with Crippen molar-refractivity contribution >= 4 is 22.0 Å². The normalized spacial score (nSPS) is 10.2. The van der Waals surface area contributed by atoms with Crippen molar-refractivity contribution in [3.8, 4) is 0 Å². The van der Waals surface area contributed by atoms with Gasteiger partial charge in [0.2, 0.25) is 0 Å². The number of hydrogen-bond donors (Lipinski definition) is 2. The van der Waals surface area contributed by atoms with E-state index in [2.05, 4.69) is 38.6 Å². The average Bonchev–Trinajstić information content (AvgIpc) is 2.71. The maximum Gasteiger partial charge on any atom is 0.314 e. The van der Waals surface area contributed by atoms with E-state index < -0.39 is 0 Å². The lowest BCUT2D eigenvalue weighted by molar-refractivity contribution is 0.240. The van der Waals surface area contributed by atoms with Gasteiger partial charge >= 0.3 is 6.03 Å². The minimum Gasteiger partial charge on any atom is -0.338 e. The zero-order chi connectivity index (χ0) is 12.5. The van der Waals surface area contributed by atoms with Crippen molar-refractivity contribution in [1.29, 1.82) is 0 Å². The number of nitrogens with zero attached hydrogens (tertiary/aromatic N) is 2. The molecule has 0 aliphatic rings. The van der Waals surface area contributed by atoms with E-state index in [1.807, 2.05) is 10.9 Å². The Morgan fingerprint density at radius 1 is 1.41 bits per heavy atom. The predicted octanol–water partition coefficient (Wildman–Crippen LogP) is 2.13. The lowest BCUT2D eigenvalue weighted by atomic mass is 10.3. The molecule has 1 rings (SSSR count). The van der Waals surface area contributed by atoms with Crippen LogP contribution in [0.2, 0.25) is 0 Å². The Bertz CT molecular complexity index is 340. The Morgan fingerprint density at radius 3 is 2.71 bits per heavy atom. The highest BCUT2D eigenvalue weighted by molar-refractivity contribution is 9.10. The summed E-state index contributed by atoms with van der Waals surface area (Å²) >= 11 is 3.34. The van der Waals surface area contributed by atoms with Crippen LogP contribution in [0.4, 0.5) is 4.79 Å². The first-order chi connectivity index (χ1) is 8.22. The van der Waals surface area contributed by atoms with Crippen molar-refractivity contribution in [2.45, 2.75) is 32.7 Å². The number of aromatic nitrogens is 2. The second-order valence-corrected chi connectivity index (χ2v) is 4.73. The first-order valence-corrected chi connectivity index (χ1v) is 6.71. The van der Waals surface area contributed by atoms with E-state index >= 15 is 0 Å². The van der Waals surface area contributed by atoms with Crippen molar-refractivity contribution in [3.63, 3.8) is 0 Å². The molecule has 0 bridgehead atoms. The van der Waals surface area contributed by atoms with Gasteiger partial charge in [-0.1, -0.05) is 13.3 Å². The van der Waals surface area contributed by atoms with E-state index in [-0.39, 0.29) is 6.03 Å². The Hall–Kier alpha value is -1.04. The number of aryl methyl sites for hydroxylation is 1. The summed E-state index contributed by atoms with van der Waals surface area (Å²) in [4.78, 5) is 11.3. The number of halogens is 1. The van der Waals surface area contributed by atoms with Crippen LogP contribution in [-0.2, 0) is 6.54 Å². The Labute approximate surface area is 110 Å². The predicted molar refractivity (Wildman–Crippen MR) is 70.9 cm³/mol. The molecule has 0 unspecified atom stereocenters. The van der Waals surface area contributed by atoms with Crippen LogP contribution in [0.25, 0.3) is 0 Å². The number of carbonyl (C=O) groups is 1. The zero-order valence-corrected chi connectivity index (χ0v) is 11.7. The molecule has 0 saturated heterocycles. The molecular formula is C11H19BrN4O. The first-order valence-electron chi connectivity index (χ1n) is 5.92. The molecule has 0 saturated carbocycles. The summed E-state index contributed by atoms with van der Waals surface area (Å²) in [5.41, 5.74) is 0. The van der Waals surface area contributed by atoms with Crippen molar-refractivity contribution in [3.05, 3.63) is 16.9 Å². The van der Waals surface area contributed by atoms with E-state index in [1.54, 1.807) is 6.20 Å². The van der Waals surface area contributed by atoms with Crippen LogP contribution in [-0.4, -0.2) is 28.9 Å². The fraction of sp³-hybridized carbons (Fsp3) is 0.636. The second kappa shape index (κ2) is 8.11. The summed E-state index contributed by atoms with van der Waals surface area (Å²) in [6, 6.07) is -0.0832. The third kappa shape index (κ3) is 6.31. The van der Waals surface area contributed by atoms with Crippen molar-refractivity contribution in [2.75, 3.05) is 13.1 Å². The molecule has 0 fully saturated rings. The second-order valence-electron chi connectivity index (χ2n) is 3.81. The van der Waals surface area contributed by atoms with E-state index in [9.17, 15) is 4.79 Å². The van der Waals surface area contributed by atoms with Crippen LogP contribution >= 0.6 is 15.9 Å². The van der Waals surface area contributed by atoms with Gasteiger partial charge in [0.05, 0.1) is 10.7 Å².